The first-order valence-electron chi connectivity index (χ1n) is 12.0. The molecule has 4 rings (SSSR count). The standard InChI is InChI=1S/C28H33N5O3S/c1-18-15-25(36-6)19(2)20(3)26(18)37(34,35)30-17-22-13-11-21(12-14-22)16-29-28-31-24-10-8-7-9-23(24)27(32-28)33(4)5/h7-15,30H,16-17H2,1-6H3,(H,29,31,32). The number of benzene rings is 3. The molecule has 4 aromatic rings. The average molecular weight is 520 g/mol. The molecule has 37 heavy (non-hydrogen) atoms. The Morgan fingerprint density at radius 3 is 2.19 bits per heavy atom. The SMILES string of the molecule is COc1cc(C)c(S(=O)(=O)NCc2ccc(CNc3nc(N(C)C)c4ccccc4n3)cc2)c(C)c1C. The Balaban J connectivity index is 1.43. The minimum absolute atomic E-state index is 0.194. The van der Waals surface area contributed by atoms with Gasteiger partial charge in [-0.05, 0) is 66.8 Å². The van der Waals surface area contributed by atoms with Gasteiger partial charge in [0.1, 0.15) is 11.6 Å². The minimum Gasteiger partial charge on any atom is -0.496 e. The first-order valence-corrected chi connectivity index (χ1v) is 13.5. The molecule has 0 atom stereocenters. The summed E-state index contributed by atoms with van der Waals surface area (Å²) in [5, 5.41) is 4.30. The highest BCUT2D eigenvalue weighted by Crippen LogP contribution is 2.30. The third-order valence-electron chi connectivity index (χ3n) is 6.41. The molecule has 0 spiro atoms. The maximum Gasteiger partial charge on any atom is 0.241 e. The Kier molecular flexibility index (Phi) is 7.65. The maximum atomic E-state index is 13.1. The molecule has 0 amide bonds. The van der Waals surface area contributed by atoms with Gasteiger partial charge in [-0.1, -0.05) is 36.4 Å². The number of ether oxygens (including phenoxy) is 1. The summed E-state index contributed by atoms with van der Waals surface area (Å²) in [5.41, 5.74) is 4.94. The zero-order valence-corrected chi connectivity index (χ0v) is 22.9. The molecular formula is C28H33N5O3S. The highest BCUT2D eigenvalue weighted by atomic mass is 32.2. The van der Waals surface area contributed by atoms with E-state index in [9.17, 15) is 8.42 Å². The molecule has 0 aliphatic carbocycles. The highest BCUT2D eigenvalue weighted by molar-refractivity contribution is 7.89. The van der Waals surface area contributed by atoms with E-state index in [4.69, 9.17) is 4.74 Å². The van der Waals surface area contributed by atoms with Crippen LogP contribution in [-0.4, -0.2) is 39.6 Å². The van der Waals surface area contributed by atoms with E-state index in [2.05, 4.69) is 20.0 Å². The fraction of sp³-hybridized carbons (Fsp3) is 0.286. The van der Waals surface area contributed by atoms with Crippen LogP contribution in [0.5, 0.6) is 5.75 Å². The highest BCUT2D eigenvalue weighted by Gasteiger charge is 2.22. The van der Waals surface area contributed by atoms with Crippen molar-refractivity contribution in [2.45, 2.75) is 38.8 Å². The smallest absolute Gasteiger partial charge is 0.241 e. The van der Waals surface area contributed by atoms with Gasteiger partial charge in [0.2, 0.25) is 16.0 Å². The molecule has 2 N–H and O–H groups in total. The number of nitrogens with zero attached hydrogens (tertiary/aromatic N) is 3. The van der Waals surface area contributed by atoms with Gasteiger partial charge in [-0.2, -0.15) is 4.98 Å². The Bertz CT molecular complexity index is 1530. The first-order chi connectivity index (χ1) is 17.6. The van der Waals surface area contributed by atoms with Crippen LogP contribution in [0.15, 0.2) is 59.5 Å². The molecule has 0 fully saturated rings. The summed E-state index contributed by atoms with van der Waals surface area (Å²) in [4.78, 5) is 11.6. The molecule has 0 aliphatic rings. The van der Waals surface area contributed by atoms with E-state index >= 15 is 0 Å². The van der Waals surface area contributed by atoms with Crippen LogP contribution in [0.3, 0.4) is 0 Å². The second-order valence-corrected chi connectivity index (χ2v) is 11.0. The van der Waals surface area contributed by atoms with Gasteiger partial charge in [-0.25, -0.2) is 18.1 Å². The molecule has 0 saturated heterocycles. The van der Waals surface area contributed by atoms with Gasteiger partial charge in [0.05, 0.1) is 17.5 Å². The minimum atomic E-state index is -3.69. The normalized spacial score (nSPS) is 11.5. The van der Waals surface area contributed by atoms with Crippen molar-refractivity contribution in [3.8, 4) is 5.75 Å². The van der Waals surface area contributed by atoms with E-state index in [0.29, 0.717) is 34.3 Å². The summed E-state index contributed by atoms with van der Waals surface area (Å²) in [7, 11) is 1.82. The van der Waals surface area contributed by atoms with Gasteiger partial charge in [-0.15, -0.1) is 0 Å². The second-order valence-electron chi connectivity index (χ2n) is 9.25. The molecule has 1 aromatic heterocycles. The van der Waals surface area contributed by atoms with Crippen molar-refractivity contribution < 1.29 is 13.2 Å². The number of hydrogen-bond acceptors (Lipinski definition) is 7. The molecule has 0 bridgehead atoms. The van der Waals surface area contributed by atoms with Gasteiger partial charge in [0.25, 0.3) is 0 Å². The lowest BCUT2D eigenvalue weighted by Gasteiger charge is -2.17. The van der Waals surface area contributed by atoms with Crippen molar-refractivity contribution in [1.29, 1.82) is 0 Å². The van der Waals surface area contributed by atoms with Crippen LogP contribution in [0, 0.1) is 20.8 Å². The number of nitrogens with one attached hydrogen (secondary N) is 2. The van der Waals surface area contributed by atoms with Crippen LogP contribution in [0.25, 0.3) is 10.9 Å². The molecule has 0 unspecified atom stereocenters. The number of sulfonamides is 1. The van der Waals surface area contributed by atoms with E-state index in [1.807, 2.05) is 81.4 Å². The Morgan fingerprint density at radius 2 is 1.54 bits per heavy atom. The van der Waals surface area contributed by atoms with Crippen LogP contribution in [-0.2, 0) is 23.1 Å². The second kappa shape index (κ2) is 10.7. The third kappa shape index (κ3) is 5.68. The summed E-state index contributed by atoms with van der Waals surface area (Å²) >= 11 is 0. The number of anilines is 2. The van der Waals surface area contributed by atoms with Crippen LogP contribution in [0.4, 0.5) is 11.8 Å². The number of aryl methyl sites for hydroxylation is 1. The number of para-hydroxylation sites is 1. The van der Waals surface area contributed by atoms with Crippen molar-refractivity contribution in [3.05, 3.63) is 82.4 Å². The van der Waals surface area contributed by atoms with Gasteiger partial charge in [0, 0.05) is 32.6 Å². The lowest BCUT2D eigenvalue weighted by Crippen LogP contribution is -2.25. The Morgan fingerprint density at radius 1 is 0.892 bits per heavy atom. The Labute approximate surface area is 218 Å². The van der Waals surface area contributed by atoms with Crippen LogP contribution in [0.1, 0.15) is 27.8 Å². The summed E-state index contributed by atoms with van der Waals surface area (Å²) in [6, 6.07) is 17.5. The van der Waals surface area contributed by atoms with E-state index in [-0.39, 0.29) is 6.54 Å². The monoisotopic (exact) mass is 519 g/mol. The lowest BCUT2D eigenvalue weighted by atomic mass is 10.1. The van der Waals surface area contributed by atoms with Crippen molar-refractivity contribution in [1.82, 2.24) is 14.7 Å². The zero-order valence-electron chi connectivity index (χ0n) is 22.1. The molecule has 1 heterocycles. The van der Waals surface area contributed by atoms with Gasteiger partial charge in [-0.3, -0.25) is 0 Å². The topological polar surface area (TPSA) is 96.5 Å². The number of rotatable bonds is 9. The summed E-state index contributed by atoms with van der Waals surface area (Å²) < 4.78 is 34.3. The largest absolute Gasteiger partial charge is 0.496 e. The van der Waals surface area contributed by atoms with Crippen molar-refractivity contribution in [3.63, 3.8) is 0 Å². The molecule has 194 valence electrons. The van der Waals surface area contributed by atoms with Gasteiger partial charge < -0.3 is 15.0 Å². The maximum absolute atomic E-state index is 13.1. The predicted octanol–water partition coefficient (Wildman–Crippen LogP) is 4.72. The fourth-order valence-corrected chi connectivity index (χ4v) is 5.87. The molecular weight excluding hydrogens is 486 g/mol. The summed E-state index contributed by atoms with van der Waals surface area (Å²) in [6.07, 6.45) is 0. The van der Waals surface area contributed by atoms with Crippen molar-refractivity contribution >= 4 is 32.7 Å². The average Bonchev–Trinajstić information content (AvgIpc) is 2.88. The predicted molar refractivity (Wildman–Crippen MR) is 149 cm³/mol. The van der Waals surface area contributed by atoms with Gasteiger partial charge >= 0.3 is 0 Å². The molecule has 9 heteroatoms. The molecule has 0 aliphatic heterocycles. The van der Waals surface area contributed by atoms with Crippen molar-refractivity contribution in [2.75, 3.05) is 31.4 Å². The summed E-state index contributed by atoms with van der Waals surface area (Å²) in [6.45, 7) is 6.19. The quantitative estimate of drug-likeness (QED) is 0.330. The zero-order chi connectivity index (χ0) is 26.7. The van der Waals surface area contributed by atoms with Gasteiger partial charge in [0.15, 0.2) is 0 Å². The number of aromatic nitrogens is 2. The van der Waals surface area contributed by atoms with Crippen LogP contribution in [0.2, 0.25) is 0 Å². The van der Waals surface area contributed by atoms with Crippen molar-refractivity contribution in [2.24, 2.45) is 0 Å². The molecule has 3 aromatic carbocycles. The summed E-state index contributed by atoms with van der Waals surface area (Å²) in [5.74, 6) is 2.10. The molecule has 0 saturated carbocycles. The molecule has 8 nitrogen and oxygen atoms in total. The fourth-order valence-electron chi connectivity index (χ4n) is 4.33. The molecule has 0 radical (unpaired) electrons. The number of fused-ring (bicyclic) bond motifs is 1. The van der Waals surface area contributed by atoms with Crippen LogP contribution < -0.4 is 19.7 Å². The van der Waals surface area contributed by atoms with E-state index < -0.39 is 10.0 Å². The lowest BCUT2D eigenvalue weighted by molar-refractivity contribution is 0.410. The van der Waals surface area contributed by atoms with E-state index in [1.54, 1.807) is 20.1 Å². The van der Waals surface area contributed by atoms with E-state index in [0.717, 1.165) is 33.4 Å². The third-order valence-corrected chi connectivity index (χ3v) is 8.10. The Hall–Kier alpha value is -3.69. The number of hydrogen-bond donors (Lipinski definition) is 2. The number of methoxy groups -OCH3 is 1. The van der Waals surface area contributed by atoms with E-state index in [1.165, 1.54) is 0 Å². The first kappa shape index (κ1) is 26.4. The van der Waals surface area contributed by atoms with Crippen LogP contribution >= 0.6 is 0 Å².